The summed E-state index contributed by atoms with van der Waals surface area (Å²) < 4.78 is 10.3. The molecule has 3 amide bonds. The van der Waals surface area contributed by atoms with E-state index in [2.05, 4.69) is 30.9 Å². The van der Waals surface area contributed by atoms with Gasteiger partial charge in [-0.1, -0.05) is 100 Å². The molecular formula is C32H51N7O8. The second-order valence-electron chi connectivity index (χ2n) is 12.7. The first kappa shape index (κ1) is 37.6. The van der Waals surface area contributed by atoms with Crippen LogP contribution in [0.1, 0.15) is 160 Å². The summed E-state index contributed by atoms with van der Waals surface area (Å²) in [6, 6.07) is 0. The maximum atomic E-state index is 11.5. The fourth-order valence-corrected chi connectivity index (χ4v) is 6.57. The number of hydroxylamine groups is 1. The zero-order valence-electron chi connectivity index (χ0n) is 27.7. The zero-order chi connectivity index (χ0) is 34.0. The third kappa shape index (κ3) is 13.0. The lowest BCUT2D eigenvalue weighted by Crippen LogP contribution is -2.22. The van der Waals surface area contributed by atoms with Crippen molar-refractivity contribution in [3.63, 3.8) is 0 Å². The number of aromatic nitrogens is 4. The second kappa shape index (κ2) is 20.4. The van der Waals surface area contributed by atoms with Crippen LogP contribution in [0, 0.1) is 11.8 Å². The van der Waals surface area contributed by atoms with Crippen molar-refractivity contribution in [2.45, 2.75) is 127 Å². The molecule has 0 unspecified atom stereocenters. The van der Waals surface area contributed by atoms with Crippen LogP contribution >= 0.6 is 0 Å². The molecule has 0 bridgehead atoms. The average molecular weight is 662 g/mol. The molecule has 2 heterocycles. The Morgan fingerprint density at radius 1 is 0.723 bits per heavy atom. The van der Waals surface area contributed by atoms with Crippen LogP contribution in [-0.4, -0.2) is 68.4 Å². The molecule has 4 rings (SSSR count). The van der Waals surface area contributed by atoms with Crippen molar-refractivity contribution in [2.24, 2.45) is 11.8 Å². The number of carboxylic acids is 1. The first-order chi connectivity index (χ1) is 22.7. The van der Waals surface area contributed by atoms with E-state index >= 15 is 0 Å². The normalized spacial score (nSPS) is 16.7. The van der Waals surface area contributed by atoms with Crippen molar-refractivity contribution in [1.82, 2.24) is 36.4 Å². The largest absolute Gasteiger partial charge is 0.481 e. The molecule has 2 aromatic rings. The van der Waals surface area contributed by atoms with Gasteiger partial charge in [0.05, 0.1) is 6.42 Å². The molecule has 2 atom stereocenters. The molecule has 47 heavy (non-hydrogen) atoms. The molecule has 15 nitrogen and oxygen atoms in total. The lowest BCUT2D eigenvalue weighted by Gasteiger charge is -2.22. The predicted molar refractivity (Wildman–Crippen MR) is 169 cm³/mol. The fraction of sp³-hybridized carbons (Fsp3) is 0.750. The molecule has 0 aliphatic heterocycles. The second-order valence-corrected chi connectivity index (χ2v) is 12.7. The number of rotatable bonds is 16. The Labute approximate surface area is 275 Å². The van der Waals surface area contributed by atoms with Gasteiger partial charge in [0, 0.05) is 32.4 Å². The highest BCUT2D eigenvalue weighted by atomic mass is 16.5. The minimum atomic E-state index is -0.896. The van der Waals surface area contributed by atoms with Crippen molar-refractivity contribution < 1.29 is 38.5 Å². The van der Waals surface area contributed by atoms with Gasteiger partial charge < -0.3 is 24.8 Å². The van der Waals surface area contributed by atoms with E-state index in [0.29, 0.717) is 12.8 Å². The van der Waals surface area contributed by atoms with Gasteiger partial charge in [-0.05, 0) is 24.7 Å². The highest BCUT2D eigenvalue weighted by molar-refractivity contribution is 5.90. The third-order valence-electron chi connectivity index (χ3n) is 9.20. The van der Waals surface area contributed by atoms with Gasteiger partial charge in [0.2, 0.25) is 17.7 Å². The van der Waals surface area contributed by atoms with Gasteiger partial charge in [-0.2, -0.15) is 9.97 Å². The molecule has 5 N–H and O–H groups in total. The van der Waals surface area contributed by atoms with Crippen molar-refractivity contribution in [2.75, 3.05) is 14.1 Å². The average Bonchev–Trinajstić information content (AvgIpc) is 3.79. The van der Waals surface area contributed by atoms with Crippen molar-refractivity contribution in [3.8, 4) is 0 Å². The molecule has 2 aromatic heterocycles. The summed E-state index contributed by atoms with van der Waals surface area (Å²) in [4.78, 5) is 53.7. The maximum Gasteiger partial charge on any atom is 0.304 e. The van der Waals surface area contributed by atoms with E-state index in [9.17, 15) is 19.2 Å². The van der Waals surface area contributed by atoms with Gasteiger partial charge in [0.15, 0.2) is 0 Å². The lowest BCUT2D eigenvalue weighted by molar-refractivity contribution is -0.137. The predicted octanol–water partition coefficient (Wildman–Crippen LogP) is 4.90. The number of carbonyl (C=O) groups is 4. The Morgan fingerprint density at radius 2 is 1.15 bits per heavy atom. The van der Waals surface area contributed by atoms with E-state index in [0.717, 1.165) is 37.5 Å². The smallest absolute Gasteiger partial charge is 0.304 e. The summed E-state index contributed by atoms with van der Waals surface area (Å²) in [5, 5.41) is 30.0. The Kier molecular flexibility index (Phi) is 16.3. The first-order valence-electron chi connectivity index (χ1n) is 17.0. The third-order valence-corrected chi connectivity index (χ3v) is 9.20. The topological polar surface area (TPSA) is 223 Å². The number of hydrogen-bond donors (Lipinski definition) is 5. The fourth-order valence-electron chi connectivity index (χ4n) is 6.57. The van der Waals surface area contributed by atoms with Gasteiger partial charge >= 0.3 is 5.97 Å². The van der Waals surface area contributed by atoms with Crippen LogP contribution in [0.3, 0.4) is 0 Å². The number of aliphatic carboxylic acids is 1. The summed E-state index contributed by atoms with van der Waals surface area (Å²) in [6.45, 7) is 0. The van der Waals surface area contributed by atoms with Gasteiger partial charge in [-0.25, -0.2) is 5.48 Å². The summed E-state index contributed by atoms with van der Waals surface area (Å²) in [6.07, 6.45) is 18.6. The Bertz CT molecular complexity index is 1250. The van der Waals surface area contributed by atoms with E-state index in [1.54, 1.807) is 5.48 Å². The monoisotopic (exact) mass is 661 g/mol. The minimum Gasteiger partial charge on any atom is -0.481 e. The highest BCUT2D eigenvalue weighted by Gasteiger charge is 2.26. The number of hydrogen-bond acceptors (Lipinski definition) is 11. The zero-order valence-corrected chi connectivity index (χ0v) is 27.7. The van der Waals surface area contributed by atoms with Crippen LogP contribution in [0.15, 0.2) is 9.05 Å². The van der Waals surface area contributed by atoms with Crippen LogP contribution in [0.2, 0.25) is 0 Å². The SMILES string of the molecule is CNC(=O)c1noc([C@H](CCCC2CCCCC2)CC(=O)NO)n1.CNC(=O)c1noc([C@H](CCCC2CCCCC2)CC(=O)O)n1. The number of nitrogens with one attached hydrogen (secondary N) is 3. The first-order valence-corrected chi connectivity index (χ1v) is 17.0. The van der Waals surface area contributed by atoms with Crippen molar-refractivity contribution in [1.29, 1.82) is 0 Å². The number of amides is 3. The number of carbonyl (C=O) groups excluding carboxylic acids is 3. The van der Waals surface area contributed by atoms with Crippen LogP contribution in [0.5, 0.6) is 0 Å². The molecule has 15 heteroatoms. The molecule has 0 saturated heterocycles. The van der Waals surface area contributed by atoms with E-state index in [4.69, 9.17) is 19.4 Å². The van der Waals surface area contributed by atoms with E-state index < -0.39 is 23.7 Å². The van der Waals surface area contributed by atoms with Crippen molar-refractivity contribution in [3.05, 3.63) is 23.4 Å². The molecule has 2 saturated carbocycles. The molecule has 0 spiro atoms. The van der Waals surface area contributed by atoms with Crippen LogP contribution in [0.4, 0.5) is 0 Å². The van der Waals surface area contributed by atoms with E-state index in [1.807, 2.05) is 0 Å². The molecule has 262 valence electrons. The number of nitrogens with zero attached hydrogens (tertiary/aromatic N) is 4. The Morgan fingerprint density at radius 3 is 1.53 bits per heavy atom. The molecular weight excluding hydrogens is 610 g/mol. The summed E-state index contributed by atoms with van der Waals surface area (Å²) in [7, 11) is 2.97. The summed E-state index contributed by atoms with van der Waals surface area (Å²) in [5.41, 5.74) is 1.64. The highest BCUT2D eigenvalue weighted by Crippen LogP contribution is 2.32. The molecule has 2 aliphatic rings. The van der Waals surface area contributed by atoms with Gasteiger partial charge in [-0.15, -0.1) is 0 Å². The van der Waals surface area contributed by atoms with Crippen molar-refractivity contribution >= 4 is 23.7 Å². The molecule has 2 fully saturated rings. The molecule has 0 radical (unpaired) electrons. The maximum absolute atomic E-state index is 11.5. The van der Waals surface area contributed by atoms with E-state index in [-0.39, 0.29) is 48.1 Å². The summed E-state index contributed by atoms with van der Waals surface area (Å²) >= 11 is 0. The Balaban J connectivity index is 0.000000256. The number of carboxylic acid groups (broad SMARTS) is 1. The molecule has 0 aromatic carbocycles. The quantitative estimate of drug-likeness (QED) is 0.120. The van der Waals surface area contributed by atoms with Gasteiger partial charge in [0.1, 0.15) is 0 Å². The lowest BCUT2D eigenvalue weighted by atomic mass is 9.84. The van der Waals surface area contributed by atoms with E-state index in [1.165, 1.54) is 78.3 Å². The van der Waals surface area contributed by atoms with Gasteiger partial charge in [0.25, 0.3) is 23.5 Å². The van der Waals surface area contributed by atoms with Crippen LogP contribution < -0.4 is 16.1 Å². The summed E-state index contributed by atoms with van der Waals surface area (Å²) in [5.74, 6) is -0.962. The van der Waals surface area contributed by atoms with Crippen LogP contribution in [-0.2, 0) is 9.59 Å². The standard InChI is InChI=1S/C16H26N4O4.C16H25N3O4/c1-17-15(22)14-18-16(24-20-14)12(10-13(21)19-23)9-5-8-11-6-3-2-4-7-11;1-17-15(22)14-18-16(23-19-14)12(10-13(20)21)9-5-8-11-6-3-2-4-7-11/h11-12,23H,2-10H2,1H3,(H,17,22)(H,19,21);11-12H,2-10H2,1H3,(H,17,22)(H,20,21)/t2*12-/m11/s1. The van der Waals surface area contributed by atoms with Gasteiger partial charge in [-0.3, -0.25) is 24.4 Å². The molecule has 2 aliphatic carbocycles. The Hall–Kier alpha value is -3.88. The van der Waals surface area contributed by atoms with Crippen LogP contribution in [0.25, 0.3) is 0 Å². The minimum absolute atomic E-state index is 0.0470.